The predicted molar refractivity (Wildman–Crippen MR) is 86.9 cm³/mol. The van der Waals surface area contributed by atoms with Crippen molar-refractivity contribution in [3.05, 3.63) is 71.0 Å². The molecule has 2 aromatic rings. The molecule has 0 amide bonds. The average molecular weight is 285 g/mol. The Morgan fingerprint density at radius 3 is 2.52 bits per heavy atom. The SMILES string of the molecule is CCCNC(CCc1cccc(C)c1)c1ccc(F)cc1. The zero-order chi connectivity index (χ0) is 15.1. The molecule has 2 heteroatoms. The molecule has 0 radical (unpaired) electrons. The molecule has 1 atom stereocenters. The Bertz CT molecular complexity index is 548. The normalized spacial score (nSPS) is 12.3. The van der Waals surface area contributed by atoms with Crippen LogP contribution in [0.5, 0.6) is 0 Å². The third-order valence-electron chi connectivity index (χ3n) is 3.72. The maximum atomic E-state index is 13.1. The first-order valence-electron chi connectivity index (χ1n) is 7.73. The molecule has 0 heterocycles. The van der Waals surface area contributed by atoms with Crippen LogP contribution in [-0.2, 0) is 6.42 Å². The van der Waals surface area contributed by atoms with E-state index in [2.05, 4.69) is 43.4 Å². The lowest BCUT2D eigenvalue weighted by Gasteiger charge is -2.19. The number of hydrogen-bond acceptors (Lipinski definition) is 1. The fourth-order valence-electron chi connectivity index (χ4n) is 2.58. The second kappa shape index (κ2) is 7.94. The second-order valence-electron chi connectivity index (χ2n) is 5.59. The van der Waals surface area contributed by atoms with Crippen LogP contribution in [0.2, 0.25) is 0 Å². The summed E-state index contributed by atoms with van der Waals surface area (Å²) in [6, 6.07) is 15.8. The van der Waals surface area contributed by atoms with Crippen LogP contribution in [0, 0.1) is 12.7 Å². The van der Waals surface area contributed by atoms with E-state index in [0.29, 0.717) is 0 Å². The molecule has 21 heavy (non-hydrogen) atoms. The highest BCUT2D eigenvalue weighted by Gasteiger charge is 2.11. The first kappa shape index (κ1) is 15.7. The summed E-state index contributed by atoms with van der Waals surface area (Å²) in [6.45, 7) is 5.27. The molecular formula is C19H24FN. The quantitative estimate of drug-likeness (QED) is 0.770. The highest BCUT2D eigenvalue weighted by Crippen LogP contribution is 2.20. The lowest BCUT2D eigenvalue weighted by molar-refractivity contribution is 0.498. The standard InChI is InChI=1S/C19H24FN/c1-3-13-21-19(17-8-10-18(20)11-9-17)12-7-16-6-4-5-15(2)14-16/h4-6,8-11,14,19,21H,3,7,12-13H2,1-2H3. The summed E-state index contributed by atoms with van der Waals surface area (Å²) in [4.78, 5) is 0. The van der Waals surface area contributed by atoms with Gasteiger partial charge in [-0.05, 0) is 56.0 Å². The third kappa shape index (κ3) is 4.98. The van der Waals surface area contributed by atoms with E-state index in [9.17, 15) is 4.39 Å². The van der Waals surface area contributed by atoms with Crippen LogP contribution in [0.1, 0.15) is 42.5 Å². The van der Waals surface area contributed by atoms with Crippen molar-refractivity contribution in [3.63, 3.8) is 0 Å². The smallest absolute Gasteiger partial charge is 0.123 e. The van der Waals surface area contributed by atoms with Crippen LogP contribution in [0.4, 0.5) is 4.39 Å². The van der Waals surface area contributed by atoms with Gasteiger partial charge in [-0.1, -0.05) is 48.9 Å². The summed E-state index contributed by atoms with van der Waals surface area (Å²) in [5, 5.41) is 3.57. The largest absolute Gasteiger partial charge is 0.310 e. The lowest BCUT2D eigenvalue weighted by Crippen LogP contribution is -2.22. The number of hydrogen-bond donors (Lipinski definition) is 1. The van der Waals surface area contributed by atoms with Gasteiger partial charge in [0.1, 0.15) is 5.82 Å². The van der Waals surface area contributed by atoms with E-state index in [1.165, 1.54) is 11.1 Å². The van der Waals surface area contributed by atoms with Crippen molar-refractivity contribution in [1.29, 1.82) is 0 Å². The van der Waals surface area contributed by atoms with Gasteiger partial charge in [0.15, 0.2) is 0 Å². The van der Waals surface area contributed by atoms with Crippen molar-refractivity contribution >= 4 is 0 Å². The average Bonchev–Trinajstić information content (AvgIpc) is 2.49. The first-order valence-corrected chi connectivity index (χ1v) is 7.73. The topological polar surface area (TPSA) is 12.0 Å². The lowest BCUT2D eigenvalue weighted by atomic mass is 9.98. The minimum absolute atomic E-state index is 0.174. The van der Waals surface area contributed by atoms with Crippen LogP contribution in [0.3, 0.4) is 0 Å². The van der Waals surface area contributed by atoms with Crippen molar-refractivity contribution < 1.29 is 4.39 Å². The van der Waals surface area contributed by atoms with Crippen molar-refractivity contribution in [2.24, 2.45) is 0 Å². The molecule has 1 unspecified atom stereocenters. The third-order valence-corrected chi connectivity index (χ3v) is 3.72. The minimum Gasteiger partial charge on any atom is -0.310 e. The van der Waals surface area contributed by atoms with Gasteiger partial charge < -0.3 is 5.32 Å². The van der Waals surface area contributed by atoms with E-state index in [1.807, 2.05) is 12.1 Å². The Morgan fingerprint density at radius 1 is 1.10 bits per heavy atom. The van der Waals surface area contributed by atoms with Crippen LogP contribution in [0.25, 0.3) is 0 Å². The van der Waals surface area contributed by atoms with Crippen LogP contribution < -0.4 is 5.32 Å². The number of halogens is 1. The van der Waals surface area contributed by atoms with E-state index in [-0.39, 0.29) is 11.9 Å². The zero-order valence-corrected chi connectivity index (χ0v) is 12.9. The highest BCUT2D eigenvalue weighted by molar-refractivity contribution is 5.24. The maximum absolute atomic E-state index is 13.1. The molecule has 1 nitrogen and oxygen atoms in total. The Hall–Kier alpha value is -1.67. The fraction of sp³-hybridized carbons (Fsp3) is 0.368. The molecule has 0 saturated carbocycles. The summed E-state index contributed by atoms with van der Waals surface area (Å²) in [7, 11) is 0. The first-order chi connectivity index (χ1) is 10.2. The molecular weight excluding hydrogens is 261 g/mol. The second-order valence-corrected chi connectivity index (χ2v) is 5.59. The monoisotopic (exact) mass is 285 g/mol. The van der Waals surface area contributed by atoms with E-state index in [1.54, 1.807) is 12.1 Å². The number of nitrogens with one attached hydrogen (secondary N) is 1. The van der Waals surface area contributed by atoms with Crippen LogP contribution in [-0.4, -0.2) is 6.54 Å². The molecule has 2 rings (SSSR count). The molecule has 0 saturated heterocycles. The fourth-order valence-corrected chi connectivity index (χ4v) is 2.58. The molecule has 0 aliphatic carbocycles. The Kier molecular flexibility index (Phi) is 5.94. The summed E-state index contributed by atoms with van der Waals surface area (Å²) in [5.74, 6) is -0.174. The summed E-state index contributed by atoms with van der Waals surface area (Å²) in [6.07, 6.45) is 3.15. The summed E-state index contributed by atoms with van der Waals surface area (Å²) >= 11 is 0. The Morgan fingerprint density at radius 2 is 1.86 bits per heavy atom. The minimum atomic E-state index is -0.174. The van der Waals surface area contributed by atoms with Crippen LogP contribution in [0.15, 0.2) is 48.5 Å². The van der Waals surface area contributed by atoms with E-state index >= 15 is 0 Å². The molecule has 0 fully saturated rings. The maximum Gasteiger partial charge on any atom is 0.123 e. The van der Waals surface area contributed by atoms with Crippen molar-refractivity contribution in [2.45, 2.75) is 39.2 Å². The van der Waals surface area contributed by atoms with E-state index < -0.39 is 0 Å². The summed E-state index contributed by atoms with van der Waals surface area (Å²) in [5.41, 5.74) is 3.82. The molecule has 112 valence electrons. The number of rotatable bonds is 7. The Balaban J connectivity index is 2.04. The van der Waals surface area contributed by atoms with Crippen LogP contribution >= 0.6 is 0 Å². The van der Waals surface area contributed by atoms with Gasteiger partial charge in [0, 0.05) is 6.04 Å². The Labute approximate surface area is 127 Å². The summed E-state index contributed by atoms with van der Waals surface area (Å²) < 4.78 is 13.1. The van der Waals surface area contributed by atoms with E-state index in [0.717, 1.165) is 31.4 Å². The number of aryl methyl sites for hydroxylation is 2. The molecule has 0 spiro atoms. The number of benzene rings is 2. The van der Waals surface area contributed by atoms with Gasteiger partial charge in [-0.2, -0.15) is 0 Å². The van der Waals surface area contributed by atoms with Gasteiger partial charge in [-0.15, -0.1) is 0 Å². The molecule has 0 aliphatic heterocycles. The molecule has 2 aromatic carbocycles. The van der Waals surface area contributed by atoms with Crippen molar-refractivity contribution in [1.82, 2.24) is 5.32 Å². The molecule has 0 aliphatic rings. The molecule has 0 aromatic heterocycles. The van der Waals surface area contributed by atoms with Crippen molar-refractivity contribution in [2.75, 3.05) is 6.54 Å². The zero-order valence-electron chi connectivity index (χ0n) is 12.9. The highest BCUT2D eigenvalue weighted by atomic mass is 19.1. The van der Waals surface area contributed by atoms with Gasteiger partial charge >= 0.3 is 0 Å². The molecule has 1 N–H and O–H groups in total. The van der Waals surface area contributed by atoms with Gasteiger partial charge in [0.25, 0.3) is 0 Å². The van der Waals surface area contributed by atoms with Gasteiger partial charge in [-0.25, -0.2) is 4.39 Å². The van der Waals surface area contributed by atoms with Gasteiger partial charge in [-0.3, -0.25) is 0 Å². The van der Waals surface area contributed by atoms with E-state index in [4.69, 9.17) is 0 Å². The van der Waals surface area contributed by atoms with Gasteiger partial charge in [0.2, 0.25) is 0 Å². The molecule has 0 bridgehead atoms. The van der Waals surface area contributed by atoms with Crippen molar-refractivity contribution in [3.8, 4) is 0 Å². The predicted octanol–water partition coefficient (Wildman–Crippen LogP) is 4.81. The van der Waals surface area contributed by atoms with Gasteiger partial charge in [0.05, 0.1) is 0 Å².